The molecule has 0 saturated carbocycles. The molecule has 16 rings (SSSR count). The van der Waals surface area contributed by atoms with Crippen molar-refractivity contribution in [3.05, 3.63) is 254 Å². The lowest BCUT2D eigenvalue weighted by Gasteiger charge is -2.19. The van der Waals surface area contributed by atoms with E-state index in [4.69, 9.17) is 19.4 Å². The zero-order valence-corrected chi connectivity index (χ0v) is 42.6. The number of furan rings is 1. The van der Waals surface area contributed by atoms with Crippen LogP contribution in [0.1, 0.15) is 30.4 Å². The minimum atomic E-state index is 0.405. The Hall–Kier alpha value is -10.2. The van der Waals surface area contributed by atoms with Gasteiger partial charge in [-0.1, -0.05) is 177 Å². The van der Waals surface area contributed by atoms with Crippen molar-refractivity contribution in [3.8, 4) is 67.8 Å². The predicted molar refractivity (Wildman–Crippen MR) is 323 cm³/mol. The lowest BCUT2D eigenvalue weighted by molar-refractivity contribution is 0.668. The minimum absolute atomic E-state index is 0.405. The van der Waals surface area contributed by atoms with Crippen LogP contribution in [0.3, 0.4) is 0 Å². The van der Waals surface area contributed by atoms with Gasteiger partial charge in [-0.2, -0.15) is 0 Å². The fourth-order valence-electron chi connectivity index (χ4n) is 12.4. The molecule has 6 heteroatoms. The van der Waals surface area contributed by atoms with Crippen molar-refractivity contribution in [1.29, 1.82) is 0 Å². The van der Waals surface area contributed by atoms with Gasteiger partial charge in [0.1, 0.15) is 11.2 Å². The highest BCUT2D eigenvalue weighted by Crippen LogP contribution is 2.45. The third-order valence-electron chi connectivity index (χ3n) is 16.2. The van der Waals surface area contributed by atoms with E-state index in [0.29, 0.717) is 23.4 Å². The molecule has 0 saturated heterocycles. The van der Waals surface area contributed by atoms with E-state index in [1.54, 1.807) is 0 Å². The molecule has 0 amide bonds. The zero-order valence-electron chi connectivity index (χ0n) is 42.6. The Labute approximate surface area is 449 Å². The van der Waals surface area contributed by atoms with E-state index < -0.39 is 0 Å². The lowest BCUT2D eigenvalue weighted by Crippen LogP contribution is -2.02. The smallest absolute Gasteiger partial charge is 0.164 e. The van der Waals surface area contributed by atoms with Crippen molar-refractivity contribution >= 4 is 82.4 Å². The first-order valence-corrected chi connectivity index (χ1v) is 26.8. The molecular weight excluding hydrogens is 951 g/mol. The first kappa shape index (κ1) is 44.2. The van der Waals surface area contributed by atoms with Crippen LogP contribution in [0.15, 0.2) is 247 Å². The number of hydrogen-bond donors (Lipinski definition) is 0. The minimum Gasteiger partial charge on any atom is -0.456 e. The first-order valence-electron chi connectivity index (χ1n) is 26.8. The summed E-state index contributed by atoms with van der Waals surface area (Å²) in [5, 5.41) is 9.12. The molecule has 6 nitrogen and oxygen atoms in total. The monoisotopic (exact) mass is 997 g/mol. The van der Waals surface area contributed by atoms with Gasteiger partial charge >= 0.3 is 0 Å². The summed E-state index contributed by atoms with van der Waals surface area (Å²) >= 11 is 0. The van der Waals surface area contributed by atoms with Gasteiger partial charge in [0.2, 0.25) is 0 Å². The Bertz CT molecular complexity index is 4950. The summed E-state index contributed by atoms with van der Waals surface area (Å²) in [7, 11) is 0. The number of allylic oxidation sites excluding steroid dienone is 1. The third-order valence-corrected chi connectivity index (χ3v) is 16.2. The fraction of sp³-hybridized carbons (Fsp3) is 0.0417. The second-order valence-electron chi connectivity index (χ2n) is 20.8. The molecule has 0 fully saturated rings. The van der Waals surface area contributed by atoms with Gasteiger partial charge in [0, 0.05) is 66.3 Å². The van der Waals surface area contributed by atoms with Gasteiger partial charge in [-0.3, -0.25) is 0 Å². The molecule has 0 radical (unpaired) electrons. The summed E-state index contributed by atoms with van der Waals surface area (Å²) in [6, 6.07) is 84.8. The second kappa shape index (κ2) is 17.4. The van der Waals surface area contributed by atoms with E-state index in [-0.39, 0.29) is 0 Å². The van der Waals surface area contributed by atoms with Crippen molar-refractivity contribution < 1.29 is 4.42 Å². The second-order valence-corrected chi connectivity index (χ2v) is 20.8. The Morgan fingerprint density at radius 1 is 0.397 bits per heavy atom. The van der Waals surface area contributed by atoms with Crippen LogP contribution in [0.25, 0.3) is 150 Å². The highest BCUT2D eigenvalue weighted by molar-refractivity contribution is 6.16. The van der Waals surface area contributed by atoms with Crippen molar-refractivity contribution in [2.75, 3.05) is 0 Å². The van der Waals surface area contributed by atoms with Gasteiger partial charge in [-0.25, -0.2) is 15.0 Å². The topological polar surface area (TPSA) is 61.7 Å². The van der Waals surface area contributed by atoms with Crippen LogP contribution in [0.4, 0.5) is 0 Å². The molecule has 11 aromatic carbocycles. The number of aromatic nitrogens is 5. The molecule has 4 aromatic heterocycles. The number of fused-ring (bicyclic) bond motifs is 11. The van der Waals surface area contributed by atoms with Crippen LogP contribution < -0.4 is 0 Å². The summed E-state index contributed by atoms with van der Waals surface area (Å²) in [4.78, 5) is 16.0. The van der Waals surface area contributed by atoms with E-state index in [1.165, 1.54) is 43.8 Å². The predicted octanol–water partition coefficient (Wildman–Crippen LogP) is 19.0. The van der Waals surface area contributed by atoms with E-state index in [0.717, 1.165) is 100 Å². The number of rotatable bonds is 7. The van der Waals surface area contributed by atoms with Gasteiger partial charge < -0.3 is 13.6 Å². The van der Waals surface area contributed by atoms with Crippen LogP contribution >= 0.6 is 0 Å². The Morgan fingerprint density at radius 2 is 1.04 bits per heavy atom. The molecule has 0 N–H and O–H groups in total. The normalized spacial score (nSPS) is 13.5. The summed E-state index contributed by atoms with van der Waals surface area (Å²) in [6.45, 7) is 2.34. The van der Waals surface area contributed by atoms with Crippen molar-refractivity contribution in [2.45, 2.75) is 19.3 Å². The Kier molecular flexibility index (Phi) is 9.88. The molecule has 0 aliphatic heterocycles. The van der Waals surface area contributed by atoms with Crippen LogP contribution in [0, 0.1) is 0 Å². The van der Waals surface area contributed by atoms with E-state index in [9.17, 15) is 0 Å². The Morgan fingerprint density at radius 3 is 1.85 bits per heavy atom. The van der Waals surface area contributed by atoms with Crippen LogP contribution in [0.2, 0.25) is 0 Å². The molecular formula is C72H47N5O. The molecule has 1 aliphatic rings. The average Bonchev–Trinajstić information content (AvgIpc) is 4.31. The van der Waals surface area contributed by atoms with Gasteiger partial charge in [0.05, 0.1) is 27.8 Å². The van der Waals surface area contributed by atoms with Crippen LogP contribution in [-0.2, 0) is 0 Å². The SMILES string of the molecule is CC1CC=Cc2cc3c4ccccc4n(-c4cc5oc6cccc(-c7nc(-c8ccccc8)nc(-c8ccc9c(c8)c8ccccc8n9-c8ccccc8)n7)c6c5cc4-c4ccc(-c5ccc6ccccc6c5)cc4)c3cc21. The number of hydrogen-bond acceptors (Lipinski definition) is 4. The van der Waals surface area contributed by atoms with Crippen molar-refractivity contribution in [2.24, 2.45) is 0 Å². The summed E-state index contributed by atoms with van der Waals surface area (Å²) in [5.74, 6) is 2.16. The van der Waals surface area contributed by atoms with Gasteiger partial charge in [-0.15, -0.1) is 0 Å². The molecule has 78 heavy (non-hydrogen) atoms. The van der Waals surface area contributed by atoms with E-state index in [2.05, 4.69) is 247 Å². The summed E-state index contributed by atoms with van der Waals surface area (Å²) in [5.41, 5.74) is 18.1. The molecule has 0 bridgehead atoms. The fourth-order valence-corrected chi connectivity index (χ4v) is 12.4. The highest BCUT2D eigenvalue weighted by atomic mass is 16.3. The number of para-hydroxylation sites is 3. The average molecular weight is 998 g/mol. The molecule has 1 atom stereocenters. The maximum absolute atomic E-state index is 7.05. The summed E-state index contributed by atoms with van der Waals surface area (Å²) < 4.78 is 11.8. The summed E-state index contributed by atoms with van der Waals surface area (Å²) in [6.07, 6.45) is 5.63. The van der Waals surface area contributed by atoms with Crippen LogP contribution in [-0.4, -0.2) is 24.1 Å². The van der Waals surface area contributed by atoms with Gasteiger partial charge in [-0.05, 0) is 124 Å². The molecule has 0 spiro atoms. The number of benzene rings is 11. The molecule has 1 aliphatic carbocycles. The number of nitrogens with zero attached hydrogens (tertiary/aromatic N) is 5. The lowest BCUT2D eigenvalue weighted by atomic mass is 9.87. The maximum Gasteiger partial charge on any atom is 0.164 e. The van der Waals surface area contributed by atoms with E-state index >= 15 is 0 Å². The van der Waals surface area contributed by atoms with Crippen molar-refractivity contribution in [3.63, 3.8) is 0 Å². The third kappa shape index (κ3) is 7.00. The van der Waals surface area contributed by atoms with Gasteiger partial charge in [0.25, 0.3) is 0 Å². The maximum atomic E-state index is 7.05. The largest absolute Gasteiger partial charge is 0.456 e. The molecule has 15 aromatic rings. The zero-order chi connectivity index (χ0) is 51.4. The van der Waals surface area contributed by atoms with Crippen LogP contribution in [0.5, 0.6) is 0 Å². The quantitative estimate of drug-likeness (QED) is 0.160. The molecule has 1 unspecified atom stereocenters. The first-order chi connectivity index (χ1) is 38.6. The van der Waals surface area contributed by atoms with E-state index in [1.807, 2.05) is 18.2 Å². The Balaban J connectivity index is 0.923. The highest BCUT2D eigenvalue weighted by Gasteiger charge is 2.25. The van der Waals surface area contributed by atoms with Gasteiger partial charge in [0.15, 0.2) is 17.5 Å². The standard InChI is InChI=1S/C72H47N5O/c1-44-16-14-21-51-39-60-55-25-11-13-28-63(55)77(65(60)42-57(44)51)66-43-68-61(41-58(66)47-33-30-46(31-34-47)50-35-32-45-17-8-9-20-49(45)38-50)69-56(26-15-29-67(69)78-68)72-74-70(48-18-4-2-5-19-48)73-71(75-72)52-36-37-64-59(40-52)54-24-10-12-27-62(54)76(64)53-22-6-3-7-23-53/h2-15,17-44H,16H2,1H3. The molecule has 366 valence electrons. The molecule has 4 heterocycles. The van der Waals surface area contributed by atoms with Crippen molar-refractivity contribution in [1.82, 2.24) is 24.1 Å².